The van der Waals surface area contributed by atoms with Crippen molar-refractivity contribution < 1.29 is 43.6 Å². The van der Waals surface area contributed by atoms with Crippen LogP contribution in [0.4, 0.5) is 0 Å². The van der Waals surface area contributed by atoms with Crippen molar-refractivity contribution >= 4 is 5.97 Å². The van der Waals surface area contributed by atoms with E-state index in [1.54, 1.807) is 0 Å². The average molecular weight is 422 g/mol. The zero-order valence-corrected chi connectivity index (χ0v) is 17.7. The number of aliphatic carboxylic acids is 1. The predicted molar refractivity (Wildman–Crippen MR) is 86.3 cm³/mol. The van der Waals surface area contributed by atoms with Gasteiger partial charge in [0, 0.05) is 0 Å². The molecule has 0 aromatic heterocycles. The van der Waals surface area contributed by atoms with Gasteiger partial charge in [-0.1, -0.05) is 26.2 Å². The van der Waals surface area contributed by atoms with E-state index in [1.807, 2.05) is 0 Å². The number of hydrogen-bond donors (Lipinski definition) is 1. The monoisotopic (exact) mass is 422 g/mol. The zero-order valence-electron chi connectivity index (χ0n) is 14.1. The Balaban J connectivity index is 3.07. The summed E-state index contributed by atoms with van der Waals surface area (Å²) in [5, 5.41) is 8.71. The fourth-order valence-electron chi connectivity index (χ4n) is 2.75. The number of carboxylic acid groups (broad SMARTS) is 1. The minimum atomic E-state index is -0.614. The predicted octanol–water partition coefficient (Wildman–Crippen LogP) is 6.28. The second kappa shape index (κ2) is 17.0. The van der Waals surface area contributed by atoms with Gasteiger partial charge in [0.15, 0.2) is 0 Å². The van der Waals surface area contributed by atoms with E-state index >= 15 is 0 Å². The van der Waals surface area contributed by atoms with Crippen molar-refractivity contribution in [2.45, 2.75) is 106 Å². The van der Waals surface area contributed by atoms with Crippen LogP contribution in [0.3, 0.4) is 0 Å². The molecule has 0 spiro atoms. The van der Waals surface area contributed by atoms with Crippen molar-refractivity contribution in [1.29, 1.82) is 0 Å². The van der Waals surface area contributed by atoms with Crippen LogP contribution in [0.1, 0.15) is 103 Å². The molecule has 0 fully saturated rings. The molecule has 0 saturated heterocycles. The van der Waals surface area contributed by atoms with Crippen LogP contribution in [0.25, 0.3) is 0 Å². The summed E-state index contributed by atoms with van der Waals surface area (Å²) in [6.45, 7) is 2.27. The van der Waals surface area contributed by atoms with Crippen molar-refractivity contribution in [3.63, 3.8) is 0 Å². The van der Waals surface area contributed by atoms with E-state index < -0.39 is 5.97 Å². The fraction of sp³-hybridized carbons (Fsp3) is 0.944. The minimum absolute atomic E-state index is 0.406. The number of rotatable bonds is 16. The molecule has 21 heavy (non-hydrogen) atoms. The Morgan fingerprint density at radius 1 is 0.810 bits per heavy atom. The second-order valence-corrected chi connectivity index (χ2v) is 9.35. The summed E-state index contributed by atoms with van der Waals surface area (Å²) in [5.74, 6) is -0.614. The second-order valence-electron chi connectivity index (χ2n) is 6.39. The first kappa shape index (κ1) is 21.7. The van der Waals surface area contributed by atoms with Crippen molar-refractivity contribution in [3.8, 4) is 0 Å². The molecule has 0 bridgehead atoms. The SMILES string of the molecule is CCCCCCCCCCCCCCC[CH]([La])CC(=O)O. The third kappa shape index (κ3) is 18.6. The summed E-state index contributed by atoms with van der Waals surface area (Å²) in [4.78, 5) is 10.6. The van der Waals surface area contributed by atoms with Gasteiger partial charge >= 0.3 is 129 Å². The molecule has 2 nitrogen and oxygen atoms in total. The molecule has 0 radical (unpaired) electrons. The maximum atomic E-state index is 10.6. The molecule has 0 rings (SSSR count). The third-order valence-corrected chi connectivity index (χ3v) is 5.90. The summed E-state index contributed by atoms with van der Waals surface area (Å²) in [6, 6.07) is 0. The van der Waals surface area contributed by atoms with Gasteiger partial charge in [-0.3, -0.25) is 0 Å². The van der Waals surface area contributed by atoms with E-state index in [1.165, 1.54) is 83.5 Å². The molecule has 1 unspecified atom stereocenters. The Kier molecular flexibility index (Phi) is 17.6. The Bertz CT molecular complexity index is 231. The topological polar surface area (TPSA) is 37.3 Å². The van der Waals surface area contributed by atoms with Gasteiger partial charge in [-0.2, -0.15) is 0 Å². The zero-order chi connectivity index (χ0) is 15.8. The summed E-state index contributed by atoms with van der Waals surface area (Å²) >= 11 is 0.823. The number of carbonyl (C=O) groups is 1. The first-order valence-electron chi connectivity index (χ1n) is 9.14. The van der Waals surface area contributed by atoms with Crippen LogP contribution >= 0.6 is 0 Å². The summed E-state index contributed by atoms with van der Waals surface area (Å²) in [5.41, 5.74) is 0. The molecule has 1 N–H and O–H groups in total. The molecule has 0 heterocycles. The number of hydrogen-bond acceptors (Lipinski definition) is 1. The van der Waals surface area contributed by atoms with Crippen LogP contribution in [0, 0.1) is 33.7 Å². The first-order valence-corrected chi connectivity index (χ1v) is 11.2. The van der Waals surface area contributed by atoms with Crippen LogP contribution in [0.2, 0.25) is 2.32 Å². The average Bonchev–Trinajstić information content (AvgIpc) is 2.43. The van der Waals surface area contributed by atoms with Crippen LogP contribution in [-0.2, 0) is 4.79 Å². The molecular weight excluding hydrogens is 387 g/mol. The van der Waals surface area contributed by atoms with E-state index in [0.29, 0.717) is 8.74 Å². The molecule has 0 aliphatic carbocycles. The van der Waals surface area contributed by atoms with Crippen LogP contribution in [0.15, 0.2) is 0 Å². The van der Waals surface area contributed by atoms with E-state index in [0.717, 1.165) is 40.2 Å². The van der Waals surface area contributed by atoms with Gasteiger partial charge < -0.3 is 0 Å². The number of unbranched alkanes of at least 4 members (excludes halogenated alkanes) is 12. The first-order chi connectivity index (χ1) is 10.2. The van der Waals surface area contributed by atoms with Gasteiger partial charge in [0.2, 0.25) is 0 Å². The van der Waals surface area contributed by atoms with Crippen molar-refractivity contribution in [3.05, 3.63) is 0 Å². The van der Waals surface area contributed by atoms with Crippen molar-refractivity contribution in [2.24, 2.45) is 0 Å². The van der Waals surface area contributed by atoms with E-state index in [2.05, 4.69) is 6.92 Å². The summed E-state index contributed by atoms with van der Waals surface area (Å²) in [7, 11) is 0. The van der Waals surface area contributed by atoms with E-state index in [9.17, 15) is 4.79 Å². The molecular formula is C18H35LaO2. The summed E-state index contributed by atoms with van der Waals surface area (Å²) in [6.07, 6.45) is 19.6. The van der Waals surface area contributed by atoms with Crippen LogP contribution < -0.4 is 0 Å². The van der Waals surface area contributed by atoms with Gasteiger partial charge in [-0.05, 0) is 0 Å². The molecule has 3 heteroatoms. The molecule has 0 saturated carbocycles. The Labute approximate surface area is 154 Å². The fourth-order valence-corrected chi connectivity index (χ4v) is 4.12. The van der Waals surface area contributed by atoms with Gasteiger partial charge in [0.05, 0.1) is 0 Å². The molecule has 122 valence electrons. The Hall–Kier alpha value is 0.665. The molecule has 1 atom stereocenters. The summed E-state index contributed by atoms with van der Waals surface area (Å²) < 4.78 is 0.509. The van der Waals surface area contributed by atoms with Crippen LogP contribution in [0.5, 0.6) is 0 Å². The molecule has 0 aromatic carbocycles. The van der Waals surface area contributed by atoms with Crippen molar-refractivity contribution in [1.82, 2.24) is 0 Å². The Morgan fingerprint density at radius 3 is 1.57 bits per heavy atom. The van der Waals surface area contributed by atoms with Gasteiger partial charge in [0.25, 0.3) is 0 Å². The van der Waals surface area contributed by atoms with Gasteiger partial charge in [-0.25, -0.2) is 0 Å². The van der Waals surface area contributed by atoms with Crippen molar-refractivity contribution in [2.75, 3.05) is 0 Å². The van der Waals surface area contributed by atoms with Gasteiger partial charge in [-0.15, -0.1) is 0 Å². The normalized spacial score (nSPS) is 12.4. The van der Waals surface area contributed by atoms with E-state index in [4.69, 9.17) is 5.11 Å². The third-order valence-electron chi connectivity index (χ3n) is 4.12. The van der Waals surface area contributed by atoms with Gasteiger partial charge in [0.1, 0.15) is 0 Å². The Morgan fingerprint density at radius 2 is 1.19 bits per heavy atom. The molecule has 0 aliphatic heterocycles. The van der Waals surface area contributed by atoms with Crippen LogP contribution in [-0.4, -0.2) is 11.1 Å². The quantitative estimate of drug-likeness (QED) is 0.297. The number of carboxylic acids is 1. The molecule has 0 aromatic rings. The molecule has 0 amide bonds. The molecule has 0 aliphatic rings. The van der Waals surface area contributed by atoms with E-state index in [-0.39, 0.29) is 0 Å². The standard InChI is InChI=1S/C18H35O2.La/c1-2-3-4-5-6-7-8-9-10-11-12-13-14-15-16-17-18(19)20;/h16H,2-15,17H2,1H3,(H,19,20);. The maximum absolute atomic E-state index is 10.6.